The molecule has 1 aliphatic heterocycles. The molecule has 0 atom stereocenters. The molecule has 1 heterocycles. The largest absolute Gasteiger partial charge is 0.493 e. The first-order chi connectivity index (χ1) is 9.83. The van der Waals surface area contributed by atoms with Crippen molar-refractivity contribution in [1.82, 2.24) is 4.90 Å². The quantitative estimate of drug-likeness (QED) is 0.685. The van der Waals surface area contributed by atoms with Crippen molar-refractivity contribution in [1.29, 1.82) is 0 Å². The minimum Gasteiger partial charge on any atom is -0.493 e. The van der Waals surface area contributed by atoms with Crippen LogP contribution in [0.5, 0.6) is 11.5 Å². The fraction of sp³-hybridized carbons (Fsp3) is 0.562. The average Bonchev–Trinajstić information content (AvgIpc) is 2.98. The van der Waals surface area contributed by atoms with E-state index in [1.807, 2.05) is 12.1 Å². The Labute approximate surface area is 120 Å². The highest BCUT2D eigenvalue weighted by Crippen LogP contribution is 2.24. The molecule has 2 rings (SSSR count). The Kier molecular flexibility index (Phi) is 5.87. The van der Waals surface area contributed by atoms with Gasteiger partial charge in [-0.05, 0) is 44.5 Å². The number of aldehydes is 1. The van der Waals surface area contributed by atoms with Crippen LogP contribution in [0.2, 0.25) is 0 Å². The molecule has 0 amide bonds. The van der Waals surface area contributed by atoms with Crippen LogP contribution in [0.25, 0.3) is 0 Å². The third kappa shape index (κ3) is 4.23. The zero-order valence-electron chi connectivity index (χ0n) is 12.1. The zero-order valence-corrected chi connectivity index (χ0v) is 12.1. The highest BCUT2D eigenvalue weighted by atomic mass is 16.5. The number of carbonyl (C=O) groups excluding carboxylic acids is 1. The predicted octanol–water partition coefficient (Wildman–Crippen LogP) is 2.76. The summed E-state index contributed by atoms with van der Waals surface area (Å²) in [5, 5.41) is 0. The summed E-state index contributed by atoms with van der Waals surface area (Å²) in [6.45, 7) is 6.57. The molecule has 0 spiro atoms. The van der Waals surface area contributed by atoms with E-state index in [2.05, 4.69) is 11.8 Å². The van der Waals surface area contributed by atoms with E-state index in [0.29, 0.717) is 24.5 Å². The Morgan fingerprint density at radius 3 is 2.70 bits per heavy atom. The molecule has 0 radical (unpaired) electrons. The van der Waals surface area contributed by atoms with Gasteiger partial charge < -0.3 is 9.47 Å². The monoisotopic (exact) mass is 277 g/mol. The average molecular weight is 277 g/mol. The van der Waals surface area contributed by atoms with Gasteiger partial charge in [0.15, 0.2) is 6.29 Å². The van der Waals surface area contributed by atoms with Gasteiger partial charge in [0.05, 0.1) is 12.2 Å². The maximum atomic E-state index is 11.0. The third-order valence-electron chi connectivity index (χ3n) is 3.45. The summed E-state index contributed by atoms with van der Waals surface area (Å²) in [6, 6.07) is 5.37. The Hall–Kier alpha value is -1.55. The van der Waals surface area contributed by atoms with Crippen molar-refractivity contribution in [3.8, 4) is 11.5 Å². The SMILES string of the molecule is CCCOc1ccc(C=O)c(OCCN2CCCC2)c1. The van der Waals surface area contributed by atoms with Gasteiger partial charge in [0.25, 0.3) is 0 Å². The first kappa shape index (κ1) is 14.9. The zero-order chi connectivity index (χ0) is 14.2. The van der Waals surface area contributed by atoms with Crippen LogP contribution in [0.1, 0.15) is 36.5 Å². The molecule has 1 aliphatic rings. The second kappa shape index (κ2) is 7.90. The Morgan fingerprint density at radius 1 is 1.20 bits per heavy atom. The van der Waals surface area contributed by atoms with E-state index in [-0.39, 0.29) is 0 Å². The molecule has 1 aromatic carbocycles. The molecule has 4 nitrogen and oxygen atoms in total. The van der Waals surface area contributed by atoms with Crippen LogP contribution >= 0.6 is 0 Å². The van der Waals surface area contributed by atoms with Gasteiger partial charge in [0, 0.05) is 12.6 Å². The van der Waals surface area contributed by atoms with Gasteiger partial charge >= 0.3 is 0 Å². The second-order valence-electron chi connectivity index (χ2n) is 5.06. The smallest absolute Gasteiger partial charge is 0.153 e. The minimum atomic E-state index is 0.579. The van der Waals surface area contributed by atoms with Crippen molar-refractivity contribution in [3.05, 3.63) is 23.8 Å². The molecular weight excluding hydrogens is 254 g/mol. The Balaban J connectivity index is 1.91. The normalized spacial score (nSPS) is 15.2. The van der Waals surface area contributed by atoms with E-state index in [4.69, 9.17) is 9.47 Å². The maximum absolute atomic E-state index is 11.0. The van der Waals surface area contributed by atoms with Crippen LogP contribution in [0, 0.1) is 0 Å². The molecule has 0 bridgehead atoms. The molecule has 1 fully saturated rings. The van der Waals surface area contributed by atoms with Gasteiger partial charge in [-0.1, -0.05) is 6.92 Å². The van der Waals surface area contributed by atoms with Gasteiger partial charge in [0.1, 0.15) is 18.1 Å². The lowest BCUT2D eigenvalue weighted by Gasteiger charge is -2.16. The highest BCUT2D eigenvalue weighted by Gasteiger charge is 2.12. The van der Waals surface area contributed by atoms with Crippen molar-refractivity contribution in [3.63, 3.8) is 0 Å². The predicted molar refractivity (Wildman–Crippen MR) is 78.8 cm³/mol. The lowest BCUT2D eigenvalue weighted by molar-refractivity contribution is 0.111. The first-order valence-corrected chi connectivity index (χ1v) is 7.40. The van der Waals surface area contributed by atoms with Crippen LogP contribution in [0.15, 0.2) is 18.2 Å². The van der Waals surface area contributed by atoms with Crippen LogP contribution in [0.3, 0.4) is 0 Å². The van der Waals surface area contributed by atoms with Gasteiger partial charge in [-0.15, -0.1) is 0 Å². The van der Waals surface area contributed by atoms with E-state index in [1.165, 1.54) is 12.8 Å². The molecule has 0 aliphatic carbocycles. The molecule has 20 heavy (non-hydrogen) atoms. The summed E-state index contributed by atoms with van der Waals surface area (Å²) in [4.78, 5) is 13.4. The summed E-state index contributed by atoms with van der Waals surface area (Å²) in [5.74, 6) is 1.38. The highest BCUT2D eigenvalue weighted by molar-refractivity contribution is 5.79. The molecular formula is C16H23NO3. The molecule has 1 saturated heterocycles. The third-order valence-corrected chi connectivity index (χ3v) is 3.45. The molecule has 0 saturated carbocycles. The van der Waals surface area contributed by atoms with E-state index in [0.717, 1.165) is 38.1 Å². The van der Waals surface area contributed by atoms with Crippen molar-refractivity contribution in [2.24, 2.45) is 0 Å². The standard InChI is InChI=1S/C16H23NO3/c1-2-10-19-15-6-5-14(13-18)16(12-15)20-11-9-17-7-3-4-8-17/h5-6,12-13H,2-4,7-11H2,1H3. The Morgan fingerprint density at radius 2 is 2.00 bits per heavy atom. The molecule has 0 N–H and O–H groups in total. The topological polar surface area (TPSA) is 38.8 Å². The van der Waals surface area contributed by atoms with Gasteiger partial charge in [0.2, 0.25) is 0 Å². The number of benzene rings is 1. The fourth-order valence-corrected chi connectivity index (χ4v) is 2.34. The molecule has 0 unspecified atom stereocenters. The maximum Gasteiger partial charge on any atom is 0.153 e. The fourth-order valence-electron chi connectivity index (χ4n) is 2.34. The van der Waals surface area contributed by atoms with Gasteiger partial charge in [-0.2, -0.15) is 0 Å². The number of carbonyl (C=O) groups is 1. The van der Waals surface area contributed by atoms with E-state index >= 15 is 0 Å². The Bertz CT molecular complexity index is 428. The van der Waals surface area contributed by atoms with Crippen molar-refractivity contribution >= 4 is 6.29 Å². The first-order valence-electron chi connectivity index (χ1n) is 7.40. The number of rotatable bonds is 8. The molecule has 110 valence electrons. The summed E-state index contributed by atoms with van der Waals surface area (Å²) in [5.41, 5.74) is 0.579. The van der Waals surface area contributed by atoms with Gasteiger partial charge in [-0.3, -0.25) is 9.69 Å². The van der Waals surface area contributed by atoms with Gasteiger partial charge in [-0.25, -0.2) is 0 Å². The number of likely N-dealkylation sites (tertiary alicyclic amines) is 1. The summed E-state index contributed by atoms with van der Waals surface area (Å²) in [7, 11) is 0. The number of hydrogen-bond acceptors (Lipinski definition) is 4. The van der Waals surface area contributed by atoms with Crippen LogP contribution in [-0.4, -0.2) is 44.0 Å². The number of ether oxygens (including phenoxy) is 2. The van der Waals surface area contributed by atoms with Crippen LogP contribution < -0.4 is 9.47 Å². The van der Waals surface area contributed by atoms with Crippen molar-refractivity contribution < 1.29 is 14.3 Å². The van der Waals surface area contributed by atoms with Crippen molar-refractivity contribution in [2.75, 3.05) is 32.8 Å². The molecule has 4 heteroatoms. The van der Waals surface area contributed by atoms with Crippen LogP contribution in [-0.2, 0) is 0 Å². The number of nitrogens with zero attached hydrogens (tertiary/aromatic N) is 1. The molecule has 1 aromatic rings. The van der Waals surface area contributed by atoms with E-state index in [1.54, 1.807) is 6.07 Å². The second-order valence-corrected chi connectivity index (χ2v) is 5.06. The van der Waals surface area contributed by atoms with Crippen LogP contribution in [0.4, 0.5) is 0 Å². The molecule has 0 aromatic heterocycles. The van der Waals surface area contributed by atoms with E-state index in [9.17, 15) is 4.79 Å². The number of hydrogen-bond donors (Lipinski definition) is 0. The lowest BCUT2D eigenvalue weighted by Crippen LogP contribution is -2.25. The summed E-state index contributed by atoms with van der Waals surface area (Å²) >= 11 is 0. The summed E-state index contributed by atoms with van der Waals surface area (Å²) in [6.07, 6.45) is 4.34. The lowest BCUT2D eigenvalue weighted by atomic mass is 10.2. The van der Waals surface area contributed by atoms with E-state index < -0.39 is 0 Å². The van der Waals surface area contributed by atoms with Crippen molar-refractivity contribution in [2.45, 2.75) is 26.2 Å². The minimum absolute atomic E-state index is 0.579. The summed E-state index contributed by atoms with van der Waals surface area (Å²) < 4.78 is 11.3.